The zero-order valence-electron chi connectivity index (χ0n) is 11.4. The Morgan fingerprint density at radius 1 is 1.42 bits per heavy atom. The summed E-state index contributed by atoms with van der Waals surface area (Å²) in [5.74, 6) is 0.473. The molecule has 1 heterocycles. The first-order valence-electron chi connectivity index (χ1n) is 6.72. The van der Waals surface area contributed by atoms with Crippen LogP contribution in [0.5, 0.6) is 0 Å². The molecule has 4 heteroatoms. The first-order chi connectivity index (χ1) is 9.06. The molecule has 3 nitrogen and oxygen atoms in total. The Morgan fingerprint density at radius 3 is 2.74 bits per heavy atom. The molecule has 0 bridgehead atoms. The molecular weight excluding hydrogens is 262 g/mol. The number of halogens is 1. The SMILES string of the molecule is CC(C)CC(=O)N[C@@H]1CCO[C@@H]1c1ccc(Cl)cc1. The zero-order chi connectivity index (χ0) is 13.8. The fraction of sp³-hybridized carbons (Fsp3) is 0.533. The lowest BCUT2D eigenvalue weighted by atomic mass is 10.0. The molecule has 1 aliphatic heterocycles. The third-order valence-electron chi connectivity index (χ3n) is 3.23. The van der Waals surface area contributed by atoms with Gasteiger partial charge in [0.15, 0.2) is 0 Å². The zero-order valence-corrected chi connectivity index (χ0v) is 12.1. The average Bonchev–Trinajstić information content (AvgIpc) is 2.77. The van der Waals surface area contributed by atoms with Crippen molar-refractivity contribution >= 4 is 17.5 Å². The summed E-state index contributed by atoms with van der Waals surface area (Å²) in [7, 11) is 0. The second-order valence-corrected chi connectivity index (χ2v) is 5.84. The summed E-state index contributed by atoms with van der Waals surface area (Å²) in [6.45, 7) is 4.77. The van der Waals surface area contributed by atoms with Gasteiger partial charge < -0.3 is 10.1 Å². The van der Waals surface area contributed by atoms with Crippen LogP contribution in [0.3, 0.4) is 0 Å². The number of amides is 1. The molecule has 1 amide bonds. The Labute approximate surface area is 119 Å². The minimum atomic E-state index is -0.0617. The van der Waals surface area contributed by atoms with Gasteiger partial charge in [-0.15, -0.1) is 0 Å². The highest BCUT2D eigenvalue weighted by molar-refractivity contribution is 6.30. The van der Waals surface area contributed by atoms with E-state index < -0.39 is 0 Å². The van der Waals surface area contributed by atoms with Gasteiger partial charge in [-0.05, 0) is 30.0 Å². The smallest absolute Gasteiger partial charge is 0.220 e. The number of ether oxygens (including phenoxy) is 1. The van der Waals surface area contributed by atoms with Gasteiger partial charge in [0.2, 0.25) is 5.91 Å². The van der Waals surface area contributed by atoms with Crippen LogP contribution in [0.2, 0.25) is 5.02 Å². The van der Waals surface area contributed by atoms with Crippen LogP contribution in [0.25, 0.3) is 0 Å². The van der Waals surface area contributed by atoms with Crippen molar-refractivity contribution in [2.24, 2.45) is 5.92 Å². The van der Waals surface area contributed by atoms with Gasteiger partial charge in [0.05, 0.1) is 6.04 Å². The summed E-state index contributed by atoms with van der Waals surface area (Å²) in [6, 6.07) is 7.68. The topological polar surface area (TPSA) is 38.3 Å². The summed E-state index contributed by atoms with van der Waals surface area (Å²) in [6.07, 6.45) is 1.36. The fourth-order valence-electron chi connectivity index (χ4n) is 2.35. The van der Waals surface area contributed by atoms with Gasteiger partial charge in [-0.2, -0.15) is 0 Å². The molecule has 0 aromatic heterocycles. The van der Waals surface area contributed by atoms with Crippen LogP contribution < -0.4 is 5.32 Å². The number of benzene rings is 1. The Morgan fingerprint density at radius 2 is 2.11 bits per heavy atom. The maximum atomic E-state index is 11.9. The van der Waals surface area contributed by atoms with Gasteiger partial charge in [0, 0.05) is 18.1 Å². The number of nitrogens with one attached hydrogen (secondary N) is 1. The van der Waals surface area contributed by atoms with Gasteiger partial charge >= 0.3 is 0 Å². The van der Waals surface area contributed by atoms with E-state index in [9.17, 15) is 4.79 Å². The van der Waals surface area contributed by atoms with Crippen molar-refractivity contribution in [1.82, 2.24) is 5.32 Å². The predicted octanol–water partition coefficient (Wildman–Crippen LogP) is 3.33. The van der Waals surface area contributed by atoms with E-state index in [1.54, 1.807) is 0 Å². The normalized spacial score (nSPS) is 22.7. The molecule has 0 radical (unpaired) electrons. The average molecular weight is 282 g/mol. The molecule has 0 unspecified atom stereocenters. The minimum absolute atomic E-state index is 0.0617. The highest BCUT2D eigenvalue weighted by Crippen LogP contribution is 2.30. The van der Waals surface area contributed by atoms with Crippen molar-refractivity contribution in [3.8, 4) is 0 Å². The van der Waals surface area contributed by atoms with E-state index in [-0.39, 0.29) is 18.1 Å². The molecular formula is C15H20ClNO2. The Kier molecular flexibility index (Phi) is 4.83. The molecule has 1 N–H and O–H groups in total. The molecule has 2 rings (SSSR count). The van der Waals surface area contributed by atoms with E-state index >= 15 is 0 Å². The molecule has 0 aliphatic carbocycles. The van der Waals surface area contributed by atoms with Gasteiger partial charge in [0.25, 0.3) is 0 Å². The Balaban J connectivity index is 2.00. The lowest BCUT2D eigenvalue weighted by molar-refractivity contribution is -0.122. The lowest BCUT2D eigenvalue weighted by Crippen LogP contribution is -2.37. The molecule has 104 valence electrons. The number of hydrogen-bond acceptors (Lipinski definition) is 2. The van der Waals surface area contributed by atoms with E-state index in [1.807, 2.05) is 38.1 Å². The molecule has 2 atom stereocenters. The van der Waals surface area contributed by atoms with Crippen molar-refractivity contribution < 1.29 is 9.53 Å². The van der Waals surface area contributed by atoms with E-state index in [0.717, 1.165) is 12.0 Å². The molecule has 1 fully saturated rings. The quantitative estimate of drug-likeness (QED) is 0.919. The van der Waals surface area contributed by atoms with Crippen LogP contribution in [0.1, 0.15) is 38.4 Å². The van der Waals surface area contributed by atoms with Crippen molar-refractivity contribution in [2.75, 3.05) is 6.61 Å². The van der Waals surface area contributed by atoms with Gasteiger partial charge in [-0.1, -0.05) is 37.6 Å². The molecule has 1 aromatic carbocycles. The lowest BCUT2D eigenvalue weighted by Gasteiger charge is -2.20. The summed E-state index contributed by atoms with van der Waals surface area (Å²) >= 11 is 5.89. The first-order valence-corrected chi connectivity index (χ1v) is 7.10. The summed E-state index contributed by atoms with van der Waals surface area (Å²) in [5, 5.41) is 3.79. The maximum absolute atomic E-state index is 11.9. The number of rotatable bonds is 4. The van der Waals surface area contributed by atoms with Gasteiger partial charge in [0.1, 0.15) is 6.10 Å². The van der Waals surface area contributed by atoms with Gasteiger partial charge in [-0.3, -0.25) is 4.79 Å². The minimum Gasteiger partial charge on any atom is -0.371 e. The van der Waals surface area contributed by atoms with Crippen LogP contribution in [-0.2, 0) is 9.53 Å². The summed E-state index contributed by atoms with van der Waals surface area (Å²) in [5.41, 5.74) is 1.07. The summed E-state index contributed by atoms with van der Waals surface area (Å²) in [4.78, 5) is 11.9. The molecule has 1 aromatic rings. The van der Waals surface area contributed by atoms with Crippen molar-refractivity contribution in [1.29, 1.82) is 0 Å². The van der Waals surface area contributed by atoms with Crippen LogP contribution in [-0.4, -0.2) is 18.6 Å². The van der Waals surface area contributed by atoms with Crippen LogP contribution in [0, 0.1) is 5.92 Å². The molecule has 19 heavy (non-hydrogen) atoms. The number of carbonyl (C=O) groups excluding carboxylic acids is 1. The largest absolute Gasteiger partial charge is 0.371 e. The first kappa shape index (κ1) is 14.4. The standard InChI is InChI=1S/C15H20ClNO2/c1-10(2)9-14(18)17-13-7-8-19-15(13)11-3-5-12(16)6-4-11/h3-6,10,13,15H,7-9H2,1-2H3,(H,17,18)/t13-,15-/m1/s1. The monoisotopic (exact) mass is 281 g/mol. The fourth-order valence-corrected chi connectivity index (χ4v) is 2.48. The van der Waals surface area contributed by atoms with Crippen molar-refractivity contribution in [3.63, 3.8) is 0 Å². The van der Waals surface area contributed by atoms with Crippen molar-refractivity contribution in [3.05, 3.63) is 34.9 Å². The number of hydrogen-bond donors (Lipinski definition) is 1. The molecule has 0 saturated carbocycles. The van der Waals surface area contributed by atoms with E-state index in [0.29, 0.717) is 24.0 Å². The third kappa shape index (κ3) is 3.95. The second kappa shape index (κ2) is 6.40. The van der Waals surface area contributed by atoms with E-state index in [1.165, 1.54) is 0 Å². The van der Waals surface area contributed by atoms with E-state index in [4.69, 9.17) is 16.3 Å². The van der Waals surface area contributed by atoms with E-state index in [2.05, 4.69) is 5.32 Å². The van der Waals surface area contributed by atoms with Crippen molar-refractivity contribution in [2.45, 2.75) is 38.8 Å². The Bertz CT molecular complexity index is 430. The predicted molar refractivity (Wildman–Crippen MR) is 76.1 cm³/mol. The molecule has 1 aliphatic rings. The third-order valence-corrected chi connectivity index (χ3v) is 3.48. The van der Waals surface area contributed by atoms with Crippen LogP contribution in [0.4, 0.5) is 0 Å². The van der Waals surface area contributed by atoms with Crippen LogP contribution >= 0.6 is 11.6 Å². The van der Waals surface area contributed by atoms with Gasteiger partial charge in [-0.25, -0.2) is 0 Å². The summed E-state index contributed by atoms with van der Waals surface area (Å²) < 4.78 is 5.74. The number of carbonyl (C=O) groups is 1. The second-order valence-electron chi connectivity index (χ2n) is 5.40. The highest BCUT2D eigenvalue weighted by Gasteiger charge is 2.30. The maximum Gasteiger partial charge on any atom is 0.220 e. The molecule has 0 spiro atoms. The van der Waals surface area contributed by atoms with Crippen LogP contribution in [0.15, 0.2) is 24.3 Å². The highest BCUT2D eigenvalue weighted by atomic mass is 35.5. The molecule has 1 saturated heterocycles. The Hall–Kier alpha value is -1.06.